The molecule has 0 spiro atoms. The van der Waals surface area contributed by atoms with E-state index in [0.717, 1.165) is 49.1 Å². The summed E-state index contributed by atoms with van der Waals surface area (Å²) in [5.74, 6) is -3.56. The fraction of sp³-hybridized carbons (Fsp3) is 0.263. The van der Waals surface area contributed by atoms with Gasteiger partial charge in [-0.2, -0.15) is 5.10 Å². The minimum absolute atomic E-state index is 0. The van der Waals surface area contributed by atoms with Gasteiger partial charge in [-0.15, -0.1) is 5.10 Å². The zero-order valence-electron chi connectivity index (χ0n) is 18.0. The summed E-state index contributed by atoms with van der Waals surface area (Å²) >= 11 is 3.44. The van der Waals surface area contributed by atoms with Crippen LogP contribution in [0.2, 0.25) is 0 Å². The van der Waals surface area contributed by atoms with Crippen LogP contribution in [0.4, 0.5) is 5.82 Å². The molecule has 0 saturated heterocycles. The molecule has 1 aromatic carbocycles. The number of hydrogen-bond donors (Lipinski definition) is 1. The standard InChI is InChI=1S/C11H10BrN3.4C2H4O2.Pb/c1-13-11-6-9(7-14-15-11)8-3-2-4-10(12)5-8;4*1-2(3)4;/h2-7H,1H3,(H,13,15);4*1H3,(H,3,4);/q;;;;;+4/p-4. The zero-order chi connectivity index (χ0) is 25.0. The van der Waals surface area contributed by atoms with E-state index in [1.54, 1.807) is 6.20 Å². The molecule has 1 heterocycles. The first-order valence-corrected chi connectivity index (χ1v) is 8.98. The first-order valence-electron chi connectivity index (χ1n) is 8.19. The van der Waals surface area contributed by atoms with E-state index < -0.39 is 23.9 Å². The zero-order valence-corrected chi connectivity index (χ0v) is 23.5. The molecule has 0 unspecified atom stereocenters. The van der Waals surface area contributed by atoms with Gasteiger partial charge >= 0.3 is 27.3 Å². The molecule has 0 aliphatic heterocycles. The Morgan fingerprint density at radius 1 is 0.812 bits per heavy atom. The van der Waals surface area contributed by atoms with Crippen LogP contribution in [0, 0.1) is 0 Å². The minimum Gasteiger partial charge on any atom is -0.550 e. The number of halogens is 1. The number of aliphatic carboxylic acids is 4. The van der Waals surface area contributed by atoms with Gasteiger partial charge in [0.05, 0.1) is 6.20 Å². The van der Waals surface area contributed by atoms with Gasteiger partial charge in [0, 0.05) is 41.0 Å². The molecular weight excluding hydrogens is 685 g/mol. The summed E-state index contributed by atoms with van der Waals surface area (Å²) in [4.78, 5) is 35.6. The Balaban J connectivity index is -0.000000192. The van der Waals surface area contributed by atoms with Crippen LogP contribution in [0.1, 0.15) is 27.7 Å². The number of hydrogen-bond acceptors (Lipinski definition) is 11. The van der Waals surface area contributed by atoms with Crippen molar-refractivity contribution in [3.63, 3.8) is 0 Å². The average molecular weight is 708 g/mol. The van der Waals surface area contributed by atoms with E-state index >= 15 is 0 Å². The van der Waals surface area contributed by atoms with E-state index in [1.165, 1.54) is 0 Å². The SMILES string of the molecule is CC(=O)[O-].CC(=O)[O-].CC(=O)[O-].CC(=O)[O-].CNc1cc(-c2cccc(Br)c2)cnn1.[Pb+4]. The Morgan fingerprint density at radius 3 is 1.56 bits per heavy atom. The molecule has 13 heteroatoms. The fourth-order valence-electron chi connectivity index (χ4n) is 1.31. The van der Waals surface area contributed by atoms with Crippen molar-refractivity contribution >= 4 is 72.9 Å². The number of anilines is 1. The van der Waals surface area contributed by atoms with E-state index in [9.17, 15) is 0 Å². The summed E-state index contributed by atoms with van der Waals surface area (Å²) in [5, 5.41) is 46.4. The molecule has 0 saturated carbocycles. The van der Waals surface area contributed by atoms with Crippen LogP contribution in [0.3, 0.4) is 0 Å². The maximum absolute atomic E-state index is 8.89. The van der Waals surface area contributed by atoms with Crippen molar-refractivity contribution in [2.45, 2.75) is 27.7 Å². The first-order chi connectivity index (χ1) is 14.2. The van der Waals surface area contributed by atoms with Gasteiger partial charge in [0.2, 0.25) is 0 Å². The number of nitrogens with zero attached hydrogens (tertiary/aromatic N) is 2. The van der Waals surface area contributed by atoms with Crippen LogP contribution in [0.15, 0.2) is 41.0 Å². The van der Waals surface area contributed by atoms with Gasteiger partial charge in [0.15, 0.2) is 0 Å². The predicted molar refractivity (Wildman–Crippen MR) is 113 cm³/mol. The minimum atomic E-state index is -1.08. The van der Waals surface area contributed by atoms with Gasteiger partial charge in [0.25, 0.3) is 0 Å². The molecule has 11 nitrogen and oxygen atoms in total. The molecule has 0 bridgehead atoms. The molecule has 2 aromatic rings. The molecular formula is C19H22BrN3O8Pb. The largest absolute Gasteiger partial charge is 4.00 e. The van der Waals surface area contributed by atoms with E-state index in [1.807, 2.05) is 31.3 Å². The summed E-state index contributed by atoms with van der Waals surface area (Å²) in [6.45, 7) is 3.89. The maximum atomic E-state index is 8.89. The Labute approximate surface area is 214 Å². The summed E-state index contributed by atoms with van der Waals surface area (Å²) in [7, 11) is 1.83. The number of carboxylic acid groups (broad SMARTS) is 4. The van der Waals surface area contributed by atoms with Gasteiger partial charge in [-0.05, 0) is 51.5 Å². The quantitative estimate of drug-likeness (QED) is 0.327. The third-order valence-electron chi connectivity index (χ3n) is 2.07. The first kappa shape index (κ1) is 36.7. The number of carbonyl (C=O) groups excluding carboxylic acids is 4. The van der Waals surface area contributed by atoms with Crippen molar-refractivity contribution in [2.75, 3.05) is 12.4 Å². The number of carboxylic acids is 4. The third kappa shape index (κ3) is 34.9. The van der Waals surface area contributed by atoms with Crippen LogP contribution < -0.4 is 25.7 Å². The average Bonchev–Trinajstić information content (AvgIpc) is 2.60. The molecule has 172 valence electrons. The van der Waals surface area contributed by atoms with E-state index in [4.69, 9.17) is 39.6 Å². The molecule has 0 fully saturated rings. The Hall–Kier alpha value is -2.62. The van der Waals surface area contributed by atoms with Gasteiger partial charge in [0.1, 0.15) is 5.82 Å². The van der Waals surface area contributed by atoms with Crippen LogP contribution in [-0.4, -0.2) is 68.4 Å². The number of aromatic nitrogens is 2. The summed E-state index contributed by atoms with van der Waals surface area (Å²) in [5.41, 5.74) is 2.17. The van der Waals surface area contributed by atoms with E-state index in [-0.39, 0.29) is 27.3 Å². The van der Waals surface area contributed by atoms with Crippen molar-refractivity contribution in [2.24, 2.45) is 0 Å². The van der Waals surface area contributed by atoms with Gasteiger partial charge in [-0.3, -0.25) is 0 Å². The second kappa shape index (κ2) is 23.1. The summed E-state index contributed by atoms with van der Waals surface area (Å²) < 4.78 is 1.06. The molecule has 1 N–H and O–H groups in total. The smallest absolute Gasteiger partial charge is 0.550 e. The van der Waals surface area contributed by atoms with Crippen molar-refractivity contribution in [1.29, 1.82) is 0 Å². The van der Waals surface area contributed by atoms with Crippen LogP contribution in [0.25, 0.3) is 11.1 Å². The molecule has 0 amide bonds. The molecule has 32 heavy (non-hydrogen) atoms. The molecule has 0 aliphatic carbocycles. The van der Waals surface area contributed by atoms with Crippen LogP contribution in [0.5, 0.6) is 0 Å². The van der Waals surface area contributed by atoms with Gasteiger partial charge in [-0.25, -0.2) is 0 Å². The monoisotopic (exact) mass is 707 g/mol. The van der Waals surface area contributed by atoms with E-state index in [0.29, 0.717) is 0 Å². The number of carbonyl (C=O) groups is 4. The second-order valence-electron chi connectivity index (χ2n) is 5.06. The Morgan fingerprint density at radius 2 is 1.22 bits per heavy atom. The Bertz CT molecular complexity index is 774. The van der Waals surface area contributed by atoms with Crippen molar-refractivity contribution in [3.8, 4) is 11.1 Å². The molecule has 0 radical (unpaired) electrons. The van der Waals surface area contributed by atoms with Crippen molar-refractivity contribution < 1.29 is 39.6 Å². The normalized spacial score (nSPS) is 7.81. The van der Waals surface area contributed by atoms with Gasteiger partial charge < -0.3 is 44.9 Å². The molecule has 0 aliphatic rings. The summed E-state index contributed by atoms with van der Waals surface area (Å²) in [6, 6.07) is 10.1. The molecule has 2 rings (SSSR count). The van der Waals surface area contributed by atoms with Gasteiger partial charge in [-0.1, -0.05) is 28.1 Å². The molecule has 0 atom stereocenters. The third-order valence-corrected chi connectivity index (χ3v) is 2.56. The Kier molecular flexibility index (Phi) is 26.5. The number of nitrogens with one attached hydrogen (secondary N) is 1. The number of benzene rings is 1. The topological polar surface area (TPSA) is 198 Å². The molecule has 1 aromatic heterocycles. The number of rotatable bonds is 2. The predicted octanol–water partition coefficient (Wildman–Crippen LogP) is -2.41. The van der Waals surface area contributed by atoms with Crippen LogP contribution >= 0.6 is 15.9 Å². The fourth-order valence-corrected chi connectivity index (χ4v) is 1.71. The van der Waals surface area contributed by atoms with Crippen LogP contribution in [-0.2, 0) is 19.2 Å². The summed E-state index contributed by atoms with van der Waals surface area (Å²) in [6.07, 6.45) is 1.75. The maximum Gasteiger partial charge on any atom is 4.00 e. The second-order valence-corrected chi connectivity index (χ2v) is 5.97. The van der Waals surface area contributed by atoms with E-state index in [2.05, 4.69) is 37.5 Å². The van der Waals surface area contributed by atoms with Crippen molar-refractivity contribution in [3.05, 3.63) is 41.0 Å². The van der Waals surface area contributed by atoms with Crippen molar-refractivity contribution in [1.82, 2.24) is 10.2 Å².